The molecule has 0 amide bonds. The Bertz CT molecular complexity index is 272. The lowest BCUT2D eigenvalue weighted by Gasteiger charge is -2.21. The zero-order valence-electron chi connectivity index (χ0n) is 11.9. The molecule has 0 saturated carbocycles. The Morgan fingerprint density at radius 1 is 1.28 bits per heavy atom. The van der Waals surface area contributed by atoms with Crippen LogP contribution in [0.3, 0.4) is 0 Å². The molecule has 2 fully saturated rings. The molecule has 0 bridgehead atoms. The summed E-state index contributed by atoms with van der Waals surface area (Å²) in [5.74, 6) is 2.20. The maximum Gasteiger partial charge on any atom is 0.152 e. The standard InChI is InChI=1S/C15H27NO2/c1-12(2)13-4-3-7-16(8-5-13)10-15(17)14-6-9-18-11-14/h12-14H,3-11H2,1-2H3. The summed E-state index contributed by atoms with van der Waals surface area (Å²) in [6.45, 7) is 8.92. The second-order valence-corrected chi connectivity index (χ2v) is 6.24. The van der Waals surface area contributed by atoms with Crippen molar-refractivity contribution in [3.8, 4) is 0 Å². The molecule has 0 aliphatic carbocycles. The van der Waals surface area contributed by atoms with Crippen molar-refractivity contribution in [3.05, 3.63) is 0 Å². The smallest absolute Gasteiger partial charge is 0.152 e. The summed E-state index contributed by atoms with van der Waals surface area (Å²) >= 11 is 0. The van der Waals surface area contributed by atoms with Crippen LogP contribution in [0.1, 0.15) is 39.5 Å². The third kappa shape index (κ3) is 3.79. The first-order chi connectivity index (χ1) is 8.66. The summed E-state index contributed by atoms with van der Waals surface area (Å²) in [4.78, 5) is 14.5. The molecule has 0 radical (unpaired) electrons. The molecule has 0 aromatic heterocycles. The number of ketones is 1. The molecule has 18 heavy (non-hydrogen) atoms. The molecule has 2 aliphatic heterocycles. The third-order valence-electron chi connectivity index (χ3n) is 4.57. The molecule has 0 spiro atoms. The minimum Gasteiger partial charge on any atom is -0.381 e. The summed E-state index contributed by atoms with van der Waals surface area (Å²) in [6, 6.07) is 0. The highest BCUT2D eigenvalue weighted by molar-refractivity contribution is 5.83. The number of likely N-dealkylation sites (tertiary alicyclic amines) is 1. The van der Waals surface area contributed by atoms with E-state index < -0.39 is 0 Å². The molecule has 2 saturated heterocycles. The number of hydrogen-bond acceptors (Lipinski definition) is 3. The summed E-state index contributed by atoms with van der Waals surface area (Å²) in [5, 5.41) is 0. The van der Waals surface area contributed by atoms with Crippen LogP contribution in [-0.2, 0) is 9.53 Å². The van der Waals surface area contributed by atoms with Gasteiger partial charge in [0.2, 0.25) is 0 Å². The lowest BCUT2D eigenvalue weighted by molar-refractivity contribution is -0.124. The van der Waals surface area contributed by atoms with Gasteiger partial charge in [0.15, 0.2) is 5.78 Å². The number of nitrogens with zero attached hydrogens (tertiary/aromatic N) is 1. The van der Waals surface area contributed by atoms with E-state index in [0.29, 0.717) is 18.9 Å². The fourth-order valence-electron chi connectivity index (χ4n) is 3.14. The highest BCUT2D eigenvalue weighted by atomic mass is 16.5. The van der Waals surface area contributed by atoms with Gasteiger partial charge in [-0.1, -0.05) is 13.8 Å². The molecule has 3 nitrogen and oxygen atoms in total. The van der Waals surface area contributed by atoms with E-state index in [1.807, 2.05) is 0 Å². The Hall–Kier alpha value is -0.410. The minimum atomic E-state index is 0.175. The fraction of sp³-hybridized carbons (Fsp3) is 0.933. The van der Waals surface area contributed by atoms with Crippen LogP contribution in [0, 0.1) is 17.8 Å². The van der Waals surface area contributed by atoms with E-state index in [-0.39, 0.29) is 5.92 Å². The Morgan fingerprint density at radius 2 is 2.11 bits per heavy atom. The molecule has 0 aromatic carbocycles. The van der Waals surface area contributed by atoms with Crippen molar-refractivity contribution in [2.45, 2.75) is 39.5 Å². The summed E-state index contributed by atoms with van der Waals surface area (Å²) in [6.07, 6.45) is 4.76. The van der Waals surface area contributed by atoms with Crippen LogP contribution in [0.25, 0.3) is 0 Å². The predicted octanol–water partition coefficient (Wildman–Crippen LogP) is 2.35. The van der Waals surface area contributed by atoms with Crippen molar-refractivity contribution in [2.75, 3.05) is 32.8 Å². The Balaban J connectivity index is 1.77. The number of carbonyl (C=O) groups is 1. The third-order valence-corrected chi connectivity index (χ3v) is 4.57. The first-order valence-corrected chi connectivity index (χ1v) is 7.49. The number of ether oxygens (including phenoxy) is 1. The molecule has 2 rings (SSSR count). The molecule has 0 N–H and O–H groups in total. The van der Waals surface area contributed by atoms with Crippen molar-refractivity contribution in [1.29, 1.82) is 0 Å². The van der Waals surface area contributed by atoms with Crippen LogP contribution in [-0.4, -0.2) is 43.5 Å². The van der Waals surface area contributed by atoms with E-state index in [0.717, 1.165) is 38.0 Å². The average molecular weight is 253 g/mol. The molecule has 2 aliphatic rings. The van der Waals surface area contributed by atoms with Gasteiger partial charge in [-0.25, -0.2) is 0 Å². The van der Waals surface area contributed by atoms with Gasteiger partial charge in [0.25, 0.3) is 0 Å². The van der Waals surface area contributed by atoms with Crippen LogP contribution in [0.4, 0.5) is 0 Å². The van der Waals surface area contributed by atoms with Crippen LogP contribution >= 0.6 is 0 Å². The number of carbonyl (C=O) groups excluding carboxylic acids is 1. The van der Waals surface area contributed by atoms with Crippen LogP contribution in [0.5, 0.6) is 0 Å². The van der Waals surface area contributed by atoms with Crippen molar-refractivity contribution in [1.82, 2.24) is 4.90 Å². The van der Waals surface area contributed by atoms with Gasteiger partial charge >= 0.3 is 0 Å². The monoisotopic (exact) mass is 253 g/mol. The normalized spacial score (nSPS) is 30.6. The van der Waals surface area contributed by atoms with Crippen molar-refractivity contribution in [2.24, 2.45) is 17.8 Å². The second-order valence-electron chi connectivity index (χ2n) is 6.24. The molecular formula is C15H27NO2. The minimum absolute atomic E-state index is 0.175. The molecule has 2 atom stereocenters. The maximum atomic E-state index is 12.1. The van der Waals surface area contributed by atoms with E-state index in [2.05, 4.69) is 18.7 Å². The van der Waals surface area contributed by atoms with Crippen LogP contribution in [0.15, 0.2) is 0 Å². The largest absolute Gasteiger partial charge is 0.381 e. The van der Waals surface area contributed by atoms with Gasteiger partial charge in [-0.3, -0.25) is 9.69 Å². The van der Waals surface area contributed by atoms with E-state index in [1.165, 1.54) is 19.3 Å². The molecular weight excluding hydrogens is 226 g/mol. The van der Waals surface area contributed by atoms with Crippen LogP contribution < -0.4 is 0 Å². The van der Waals surface area contributed by atoms with Crippen LogP contribution in [0.2, 0.25) is 0 Å². The molecule has 2 unspecified atom stereocenters. The highest BCUT2D eigenvalue weighted by Crippen LogP contribution is 2.24. The van der Waals surface area contributed by atoms with Crippen molar-refractivity contribution >= 4 is 5.78 Å². The molecule has 0 aromatic rings. The quantitative estimate of drug-likeness (QED) is 0.770. The first kappa shape index (κ1) is 14.0. The zero-order valence-corrected chi connectivity index (χ0v) is 11.9. The van der Waals surface area contributed by atoms with E-state index in [9.17, 15) is 4.79 Å². The van der Waals surface area contributed by atoms with Gasteiger partial charge < -0.3 is 4.74 Å². The van der Waals surface area contributed by atoms with Gasteiger partial charge in [0.05, 0.1) is 13.2 Å². The maximum absolute atomic E-state index is 12.1. The molecule has 2 heterocycles. The van der Waals surface area contributed by atoms with Crippen molar-refractivity contribution < 1.29 is 9.53 Å². The Morgan fingerprint density at radius 3 is 2.78 bits per heavy atom. The lowest BCUT2D eigenvalue weighted by Crippen LogP contribution is -2.34. The fourth-order valence-corrected chi connectivity index (χ4v) is 3.14. The second kappa shape index (κ2) is 6.67. The highest BCUT2D eigenvalue weighted by Gasteiger charge is 2.26. The Kier molecular flexibility index (Phi) is 5.19. The zero-order chi connectivity index (χ0) is 13.0. The van der Waals surface area contributed by atoms with E-state index >= 15 is 0 Å². The van der Waals surface area contributed by atoms with Gasteiger partial charge in [-0.15, -0.1) is 0 Å². The number of Topliss-reactive ketones (excluding diaryl/α,β-unsaturated/α-hetero) is 1. The predicted molar refractivity (Wildman–Crippen MR) is 72.6 cm³/mol. The lowest BCUT2D eigenvalue weighted by atomic mass is 9.89. The van der Waals surface area contributed by atoms with E-state index in [4.69, 9.17) is 4.74 Å². The number of rotatable bonds is 4. The SMILES string of the molecule is CC(C)C1CCCN(CC(=O)C2CCOC2)CC1. The number of hydrogen-bond donors (Lipinski definition) is 0. The van der Waals surface area contributed by atoms with Gasteiger partial charge in [-0.2, -0.15) is 0 Å². The first-order valence-electron chi connectivity index (χ1n) is 7.49. The molecule has 104 valence electrons. The topological polar surface area (TPSA) is 29.5 Å². The summed E-state index contributed by atoms with van der Waals surface area (Å²) in [7, 11) is 0. The van der Waals surface area contributed by atoms with E-state index in [1.54, 1.807) is 0 Å². The summed E-state index contributed by atoms with van der Waals surface area (Å²) < 4.78 is 5.30. The Labute approximate surface area is 111 Å². The summed E-state index contributed by atoms with van der Waals surface area (Å²) in [5.41, 5.74) is 0. The van der Waals surface area contributed by atoms with Gasteiger partial charge in [0.1, 0.15) is 0 Å². The van der Waals surface area contributed by atoms with Gasteiger partial charge in [0, 0.05) is 12.5 Å². The van der Waals surface area contributed by atoms with Gasteiger partial charge in [-0.05, 0) is 50.6 Å². The average Bonchev–Trinajstić information content (AvgIpc) is 2.77. The van der Waals surface area contributed by atoms with Crippen molar-refractivity contribution in [3.63, 3.8) is 0 Å². The molecule has 3 heteroatoms.